The maximum absolute atomic E-state index is 11.3. The Balaban J connectivity index is 2.20. The van der Waals surface area contributed by atoms with Crippen LogP contribution in [0.3, 0.4) is 0 Å². The second kappa shape index (κ2) is 5.85. The molecule has 0 aromatic heterocycles. The first-order chi connectivity index (χ1) is 8.59. The van der Waals surface area contributed by atoms with Crippen LogP contribution in [0, 0.1) is 0 Å². The molecule has 0 radical (unpaired) electrons. The molecule has 2 atom stereocenters. The SMILES string of the molecule is CC(c1cccc(Br)c1)N1CCCCC1C(=O)O. The Morgan fingerprint density at radius 2 is 2.28 bits per heavy atom. The number of carboxylic acid groups (broad SMARTS) is 1. The van der Waals surface area contributed by atoms with Gasteiger partial charge in [-0.3, -0.25) is 9.69 Å². The van der Waals surface area contributed by atoms with E-state index in [0.717, 1.165) is 35.8 Å². The minimum atomic E-state index is -0.698. The van der Waals surface area contributed by atoms with Gasteiger partial charge < -0.3 is 5.11 Å². The third-order valence-corrected chi connectivity index (χ3v) is 4.15. The van der Waals surface area contributed by atoms with Crippen molar-refractivity contribution in [1.82, 2.24) is 4.90 Å². The van der Waals surface area contributed by atoms with E-state index in [-0.39, 0.29) is 12.1 Å². The summed E-state index contributed by atoms with van der Waals surface area (Å²) >= 11 is 3.46. The summed E-state index contributed by atoms with van der Waals surface area (Å²) in [5, 5.41) is 9.31. The van der Waals surface area contributed by atoms with Gasteiger partial charge in [0.1, 0.15) is 6.04 Å². The molecule has 3 nitrogen and oxygen atoms in total. The van der Waals surface area contributed by atoms with E-state index in [1.807, 2.05) is 12.1 Å². The number of nitrogens with zero attached hydrogens (tertiary/aromatic N) is 1. The molecule has 1 saturated heterocycles. The number of halogens is 1. The fourth-order valence-electron chi connectivity index (χ4n) is 2.64. The first-order valence-electron chi connectivity index (χ1n) is 6.33. The average molecular weight is 312 g/mol. The molecule has 18 heavy (non-hydrogen) atoms. The summed E-state index contributed by atoms with van der Waals surface area (Å²) < 4.78 is 1.04. The van der Waals surface area contributed by atoms with E-state index in [9.17, 15) is 9.90 Å². The van der Waals surface area contributed by atoms with Crippen LogP contribution in [-0.4, -0.2) is 28.6 Å². The molecule has 1 aromatic rings. The smallest absolute Gasteiger partial charge is 0.320 e. The highest BCUT2D eigenvalue weighted by atomic mass is 79.9. The molecule has 2 unspecified atom stereocenters. The lowest BCUT2D eigenvalue weighted by molar-refractivity contribution is -0.145. The van der Waals surface area contributed by atoms with Gasteiger partial charge in [0, 0.05) is 10.5 Å². The molecule has 1 heterocycles. The molecule has 4 heteroatoms. The van der Waals surface area contributed by atoms with E-state index in [4.69, 9.17) is 0 Å². The highest BCUT2D eigenvalue weighted by Gasteiger charge is 2.32. The van der Waals surface area contributed by atoms with Crippen molar-refractivity contribution >= 4 is 21.9 Å². The van der Waals surface area contributed by atoms with E-state index in [1.165, 1.54) is 0 Å². The minimum Gasteiger partial charge on any atom is -0.480 e. The number of aliphatic carboxylic acids is 1. The Kier molecular flexibility index (Phi) is 4.40. The molecule has 98 valence electrons. The van der Waals surface area contributed by atoms with Gasteiger partial charge in [0.05, 0.1) is 0 Å². The number of carboxylic acids is 1. The van der Waals surface area contributed by atoms with Crippen molar-refractivity contribution in [3.8, 4) is 0 Å². The number of rotatable bonds is 3. The summed E-state index contributed by atoms with van der Waals surface area (Å²) in [7, 11) is 0. The Bertz CT molecular complexity index is 436. The summed E-state index contributed by atoms with van der Waals surface area (Å²) in [5.74, 6) is -0.698. The Morgan fingerprint density at radius 1 is 1.50 bits per heavy atom. The van der Waals surface area contributed by atoms with Crippen LogP contribution in [0.4, 0.5) is 0 Å². The fraction of sp³-hybridized carbons (Fsp3) is 0.500. The van der Waals surface area contributed by atoms with Crippen LogP contribution in [0.25, 0.3) is 0 Å². The molecule has 0 bridgehead atoms. The van der Waals surface area contributed by atoms with Crippen LogP contribution in [0.2, 0.25) is 0 Å². The van der Waals surface area contributed by atoms with Gasteiger partial charge in [-0.25, -0.2) is 0 Å². The zero-order valence-corrected chi connectivity index (χ0v) is 12.1. The molecular formula is C14H18BrNO2. The predicted octanol–water partition coefficient (Wildman–Crippen LogP) is 3.45. The van der Waals surface area contributed by atoms with Gasteiger partial charge in [0.2, 0.25) is 0 Å². The van der Waals surface area contributed by atoms with Gasteiger partial charge in [-0.15, -0.1) is 0 Å². The molecule has 1 aliphatic heterocycles. The average Bonchev–Trinajstić information content (AvgIpc) is 2.38. The molecule has 1 aliphatic rings. The number of hydrogen-bond acceptors (Lipinski definition) is 2. The monoisotopic (exact) mass is 311 g/mol. The molecule has 0 saturated carbocycles. The lowest BCUT2D eigenvalue weighted by Crippen LogP contribution is -2.45. The largest absolute Gasteiger partial charge is 0.480 e. The van der Waals surface area contributed by atoms with Crippen LogP contribution in [0.15, 0.2) is 28.7 Å². The number of benzene rings is 1. The van der Waals surface area contributed by atoms with Gasteiger partial charge >= 0.3 is 5.97 Å². The molecule has 0 amide bonds. The first kappa shape index (κ1) is 13.6. The molecule has 0 spiro atoms. The van der Waals surface area contributed by atoms with Crippen LogP contribution in [0.1, 0.15) is 37.8 Å². The Hall–Kier alpha value is -0.870. The second-order valence-corrected chi connectivity index (χ2v) is 5.73. The maximum atomic E-state index is 11.3. The van der Waals surface area contributed by atoms with Gasteiger partial charge in [-0.2, -0.15) is 0 Å². The molecule has 1 aromatic carbocycles. The maximum Gasteiger partial charge on any atom is 0.320 e. The van der Waals surface area contributed by atoms with Crippen LogP contribution < -0.4 is 0 Å². The fourth-order valence-corrected chi connectivity index (χ4v) is 3.06. The van der Waals surface area contributed by atoms with Gasteiger partial charge in [0.25, 0.3) is 0 Å². The first-order valence-corrected chi connectivity index (χ1v) is 7.13. The van der Waals surface area contributed by atoms with E-state index >= 15 is 0 Å². The van der Waals surface area contributed by atoms with Crippen LogP contribution >= 0.6 is 15.9 Å². The Morgan fingerprint density at radius 3 is 2.94 bits per heavy atom. The van der Waals surface area contributed by atoms with Crippen LogP contribution in [-0.2, 0) is 4.79 Å². The van der Waals surface area contributed by atoms with E-state index in [1.54, 1.807) is 0 Å². The van der Waals surface area contributed by atoms with Gasteiger partial charge in [-0.05, 0) is 44.0 Å². The lowest BCUT2D eigenvalue weighted by atomic mass is 9.97. The van der Waals surface area contributed by atoms with Crippen molar-refractivity contribution < 1.29 is 9.90 Å². The van der Waals surface area contributed by atoms with Crippen molar-refractivity contribution in [3.05, 3.63) is 34.3 Å². The van der Waals surface area contributed by atoms with Crippen LogP contribution in [0.5, 0.6) is 0 Å². The minimum absolute atomic E-state index is 0.142. The molecule has 1 N–H and O–H groups in total. The standard InChI is InChI=1S/C14H18BrNO2/c1-10(11-5-4-6-12(15)9-11)16-8-3-2-7-13(16)14(17)18/h4-6,9-10,13H,2-3,7-8H2,1H3,(H,17,18). The van der Waals surface area contributed by atoms with Crippen molar-refractivity contribution in [2.75, 3.05) is 6.54 Å². The Labute approximate surface area is 116 Å². The third kappa shape index (κ3) is 2.93. The van der Waals surface area contributed by atoms with Crippen molar-refractivity contribution in [1.29, 1.82) is 0 Å². The van der Waals surface area contributed by atoms with Crippen molar-refractivity contribution in [2.24, 2.45) is 0 Å². The van der Waals surface area contributed by atoms with Crippen molar-refractivity contribution in [3.63, 3.8) is 0 Å². The van der Waals surface area contributed by atoms with E-state index in [2.05, 4.69) is 39.9 Å². The number of likely N-dealkylation sites (tertiary alicyclic amines) is 1. The number of carbonyl (C=O) groups is 1. The second-order valence-electron chi connectivity index (χ2n) is 4.82. The molecule has 1 fully saturated rings. The topological polar surface area (TPSA) is 40.5 Å². The highest BCUT2D eigenvalue weighted by molar-refractivity contribution is 9.10. The van der Waals surface area contributed by atoms with E-state index in [0.29, 0.717) is 0 Å². The number of hydrogen-bond donors (Lipinski definition) is 1. The zero-order chi connectivity index (χ0) is 13.1. The lowest BCUT2D eigenvalue weighted by Gasteiger charge is -2.37. The predicted molar refractivity (Wildman–Crippen MR) is 74.5 cm³/mol. The quantitative estimate of drug-likeness (QED) is 0.929. The van der Waals surface area contributed by atoms with Gasteiger partial charge in [0.15, 0.2) is 0 Å². The summed E-state index contributed by atoms with van der Waals surface area (Å²) in [6, 6.07) is 7.91. The summed E-state index contributed by atoms with van der Waals surface area (Å²) in [6.07, 6.45) is 2.86. The molecular weight excluding hydrogens is 294 g/mol. The summed E-state index contributed by atoms with van der Waals surface area (Å²) in [4.78, 5) is 13.4. The normalized spacial score (nSPS) is 22.7. The molecule has 0 aliphatic carbocycles. The van der Waals surface area contributed by atoms with E-state index < -0.39 is 5.97 Å². The highest BCUT2D eigenvalue weighted by Crippen LogP contribution is 2.29. The number of piperidine rings is 1. The van der Waals surface area contributed by atoms with Crippen molar-refractivity contribution in [2.45, 2.75) is 38.3 Å². The summed E-state index contributed by atoms with van der Waals surface area (Å²) in [5.41, 5.74) is 1.16. The third-order valence-electron chi connectivity index (χ3n) is 3.66. The van der Waals surface area contributed by atoms with Gasteiger partial charge in [-0.1, -0.05) is 34.5 Å². The zero-order valence-electron chi connectivity index (χ0n) is 10.5. The summed E-state index contributed by atoms with van der Waals surface area (Å²) in [6.45, 7) is 2.95. The molecule has 2 rings (SSSR count).